The van der Waals surface area contributed by atoms with Crippen LogP contribution in [0.4, 0.5) is 22.1 Å². The Hall–Kier alpha value is -3.28. The number of pyridine rings is 1. The van der Waals surface area contributed by atoms with Gasteiger partial charge in [0.1, 0.15) is 6.07 Å². The zero-order chi connectivity index (χ0) is 18.5. The maximum atomic E-state index is 11.0. The molecule has 0 unspecified atom stereocenters. The molecule has 3 rings (SSSR count). The molecule has 136 valence electrons. The van der Waals surface area contributed by atoms with Gasteiger partial charge < -0.3 is 25.6 Å². The lowest BCUT2D eigenvalue weighted by molar-refractivity contribution is 0.184. The lowest BCUT2D eigenvalue weighted by atomic mass is 9.90. The molecule has 2 aromatic heterocycles. The van der Waals surface area contributed by atoms with E-state index in [9.17, 15) is 10.1 Å². The average Bonchev–Trinajstić information content (AvgIpc) is 3.01. The van der Waals surface area contributed by atoms with E-state index < -0.39 is 6.09 Å². The Kier molecular flexibility index (Phi) is 5.22. The number of nitriles is 1. The summed E-state index contributed by atoms with van der Waals surface area (Å²) < 4.78 is 5.12. The Labute approximate surface area is 150 Å². The SMILES string of the molecule is Cc1cc(Nc2cc(N[C@@H]3CCCC[C@@H]3NC(=O)O)cnc2C#N)on1. The molecule has 9 heteroatoms. The van der Waals surface area contributed by atoms with E-state index in [1.165, 1.54) is 0 Å². The van der Waals surface area contributed by atoms with Crippen LogP contribution in [-0.2, 0) is 0 Å². The topological polar surface area (TPSA) is 136 Å². The highest BCUT2D eigenvalue weighted by atomic mass is 16.5. The molecular formula is C17H20N6O3. The van der Waals surface area contributed by atoms with Crippen molar-refractivity contribution in [2.45, 2.75) is 44.7 Å². The van der Waals surface area contributed by atoms with Crippen LogP contribution >= 0.6 is 0 Å². The summed E-state index contributed by atoms with van der Waals surface area (Å²) in [5, 5.41) is 31.0. The van der Waals surface area contributed by atoms with Crippen LogP contribution in [0, 0.1) is 18.3 Å². The van der Waals surface area contributed by atoms with Crippen molar-refractivity contribution in [2.75, 3.05) is 10.6 Å². The van der Waals surface area contributed by atoms with Crippen molar-refractivity contribution in [3.63, 3.8) is 0 Å². The van der Waals surface area contributed by atoms with E-state index in [0.29, 0.717) is 17.3 Å². The fourth-order valence-electron chi connectivity index (χ4n) is 3.13. The molecule has 0 spiro atoms. The van der Waals surface area contributed by atoms with Crippen molar-refractivity contribution in [1.29, 1.82) is 5.26 Å². The molecule has 0 saturated heterocycles. The van der Waals surface area contributed by atoms with Gasteiger partial charge in [-0.3, -0.25) is 0 Å². The molecule has 26 heavy (non-hydrogen) atoms. The second-order valence-electron chi connectivity index (χ2n) is 6.28. The van der Waals surface area contributed by atoms with E-state index in [1.54, 1.807) is 25.3 Å². The van der Waals surface area contributed by atoms with Crippen molar-refractivity contribution in [3.8, 4) is 6.07 Å². The van der Waals surface area contributed by atoms with Gasteiger partial charge in [0, 0.05) is 12.1 Å². The summed E-state index contributed by atoms with van der Waals surface area (Å²) in [6.07, 6.45) is 4.21. The van der Waals surface area contributed by atoms with Crippen molar-refractivity contribution in [1.82, 2.24) is 15.5 Å². The number of anilines is 3. The molecular weight excluding hydrogens is 336 g/mol. The van der Waals surface area contributed by atoms with Crippen LogP contribution in [0.1, 0.15) is 37.1 Å². The molecule has 0 radical (unpaired) electrons. The first kappa shape index (κ1) is 17.5. The Morgan fingerprint density at radius 1 is 1.35 bits per heavy atom. The van der Waals surface area contributed by atoms with Crippen LogP contribution in [0.15, 0.2) is 22.9 Å². The number of hydrogen-bond donors (Lipinski definition) is 4. The molecule has 0 aliphatic heterocycles. The zero-order valence-corrected chi connectivity index (χ0v) is 14.3. The minimum atomic E-state index is -1.02. The molecule has 9 nitrogen and oxygen atoms in total. The number of nitrogens with one attached hydrogen (secondary N) is 3. The van der Waals surface area contributed by atoms with E-state index in [4.69, 9.17) is 9.63 Å². The smallest absolute Gasteiger partial charge is 0.404 e. The van der Waals surface area contributed by atoms with Gasteiger partial charge in [-0.15, -0.1) is 0 Å². The van der Waals surface area contributed by atoms with E-state index in [2.05, 4.69) is 26.1 Å². The third-order valence-corrected chi connectivity index (χ3v) is 4.31. The maximum absolute atomic E-state index is 11.0. The third-order valence-electron chi connectivity index (χ3n) is 4.31. The number of rotatable bonds is 5. The summed E-state index contributed by atoms with van der Waals surface area (Å²) in [6.45, 7) is 1.80. The van der Waals surface area contributed by atoms with Crippen molar-refractivity contribution in [3.05, 3.63) is 29.7 Å². The first-order valence-corrected chi connectivity index (χ1v) is 8.41. The maximum Gasteiger partial charge on any atom is 0.404 e. The van der Waals surface area contributed by atoms with Gasteiger partial charge in [0.2, 0.25) is 5.88 Å². The van der Waals surface area contributed by atoms with Crippen molar-refractivity contribution >= 4 is 23.4 Å². The van der Waals surface area contributed by atoms with Crippen molar-refractivity contribution < 1.29 is 14.4 Å². The summed E-state index contributed by atoms with van der Waals surface area (Å²) in [5.74, 6) is 0.418. The third kappa shape index (κ3) is 4.22. The number of aryl methyl sites for hydroxylation is 1. The van der Waals surface area contributed by atoms with Crippen LogP contribution in [0.3, 0.4) is 0 Å². The molecule has 2 heterocycles. The fraction of sp³-hybridized carbons (Fsp3) is 0.412. The molecule has 1 saturated carbocycles. The molecule has 1 amide bonds. The van der Waals surface area contributed by atoms with E-state index in [-0.39, 0.29) is 17.8 Å². The van der Waals surface area contributed by atoms with E-state index in [0.717, 1.165) is 31.4 Å². The number of nitrogens with zero attached hydrogens (tertiary/aromatic N) is 3. The highest BCUT2D eigenvalue weighted by molar-refractivity contribution is 5.67. The average molecular weight is 356 g/mol. The van der Waals surface area contributed by atoms with Crippen LogP contribution < -0.4 is 16.0 Å². The minimum Gasteiger partial charge on any atom is -0.465 e. The largest absolute Gasteiger partial charge is 0.465 e. The summed E-state index contributed by atoms with van der Waals surface area (Å²) >= 11 is 0. The van der Waals surface area contributed by atoms with Gasteiger partial charge in [-0.25, -0.2) is 9.78 Å². The highest BCUT2D eigenvalue weighted by Gasteiger charge is 2.26. The first-order valence-electron chi connectivity index (χ1n) is 8.41. The predicted octanol–water partition coefficient (Wildman–Crippen LogP) is 2.98. The molecule has 1 aliphatic carbocycles. The molecule has 1 fully saturated rings. The number of hydrogen-bond acceptors (Lipinski definition) is 7. The lowest BCUT2D eigenvalue weighted by Gasteiger charge is -2.32. The van der Waals surface area contributed by atoms with Crippen LogP contribution in [0.25, 0.3) is 0 Å². The van der Waals surface area contributed by atoms with Crippen LogP contribution in [0.5, 0.6) is 0 Å². The van der Waals surface area contributed by atoms with Gasteiger partial charge in [-0.05, 0) is 25.8 Å². The Morgan fingerprint density at radius 3 is 2.77 bits per heavy atom. The molecule has 4 N–H and O–H groups in total. The lowest BCUT2D eigenvalue weighted by Crippen LogP contribution is -2.48. The summed E-state index contributed by atoms with van der Waals surface area (Å²) in [6, 6.07) is 5.32. The van der Waals surface area contributed by atoms with E-state index in [1.807, 2.05) is 6.07 Å². The Morgan fingerprint density at radius 2 is 2.12 bits per heavy atom. The van der Waals surface area contributed by atoms with Gasteiger partial charge in [0.05, 0.1) is 29.3 Å². The van der Waals surface area contributed by atoms with Gasteiger partial charge >= 0.3 is 6.09 Å². The summed E-state index contributed by atoms with van der Waals surface area (Å²) in [7, 11) is 0. The van der Waals surface area contributed by atoms with Crippen molar-refractivity contribution in [2.24, 2.45) is 0 Å². The first-order chi connectivity index (χ1) is 12.5. The molecule has 0 aromatic carbocycles. The van der Waals surface area contributed by atoms with Gasteiger partial charge in [0.25, 0.3) is 0 Å². The molecule has 1 aliphatic rings. The fourth-order valence-corrected chi connectivity index (χ4v) is 3.13. The zero-order valence-electron chi connectivity index (χ0n) is 14.3. The van der Waals surface area contributed by atoms with Gasteiger partial charge in [0.15, 0.2) is 5.69 Å². The Bertz CT molecular complexity index is 828. The highest BCUT2D eigenvalue weighted by Crippen LogP contribution is 2.26. The number of carboxylic acid groups (broad SMARTS) is 1. The van der Waals surface area contributed by atoms with Gasteiger partial charge in [-0.1, -0.05) is 18.0 Å². The second kappa shape index (κ2) is 7.74. The standard InChI is InChI=1S/C17H20N6O3/c1-10-6-16(26-23-10)21-14-7-11(9-19-15(14)8-18)20-12-4-2-3-5-13(12)22-17(24)25/h6-7,9,12-13,20-22H,2-5H2,1H3,(H,24,25)/t12-,13+/m1/s1. The minimum absolute atomic E-state index is 0.0324. The summed E-state index contributed by atoms with van der Waals surface area (Å²) in [5.41, 5.74) is 2.14. The summed E-state index contributed by atoms with van der Waals surface area (Å²) in [4.78, 5) is 15.2. The number of amides is 1. The molecule has 2 atom stereocenters. The quantitative estimate of drug-likeness (QED) is 0.642. The second-order valence-corrected chi connectivity index (χ2v) is 6.28. The monoisotopic (exact) mass is 356 g/mol. The molecule has 0 bridgehead atoms. The normalized spacial score (nSPS) is 19.4. The van der Waals surface area contributed by atoms with Crippen LogP contribution in [-0.4, -0.2) is 33.4 Å². The number of aromatic nitrogens is 2. The van der Waals surface area contributed by atoms with Gasteiger partial charge in [-0.2, -0.15) is 5.26 Å². The predicted molar refractivity (Wildman–Crippen MR) is 94.3 cm³/mol. The Balaban J connectivity index is 1.78. The number of carbonyl (C=O) groups is 1. The molecule has 2 aromatic rings. The van der Waals surface area contributed by atoms with Crippen LogP contribution in [0.2, 0.25) is 0 Å². The van der Waals surface area contributed by atoms with E-state index >= 15 is 0 Å².